The summed E-state index contributed by atoms with van der Waals surface area (Å²) in [5, 5.41) is 16.6. The minimum atomic E-state index is -0.552. The van der Waals surface area contributed by atoms with Crippen LogP contribution in [0.15, 0.2) is 24.3 Å². The van der Waals surface area contributed by atoms with Crippen LogP contribution in [0.25, 0.3) is 0 Å². The average Bonchev–Trinajstić information content (AvgIpc) is 2.49. The van der Waals surface area contributed by atoms with Crippen LogP contribution in [0.3, 0.4) is 0 Å². The Labute approximate surface area is 134 Å². The summed E-state index contributed by atoms with van der Waals surface area (Å²) in [6, 6.07) is 8.54. The second-order valence-corrected chi connectivity index (χ2v) is 5.18. The zero-order valence-electron chi connectivity index (χ0n) is 11.3. The summed E-state index contributed by atoms with van der Waals surface area (Å²) in [6.45, 7) is 1.80. The van der Waals surface area contributed by atoms with Gasteiger partial charge >= 0.3 is 5.97 Å². The maximum atomic E-state index is 11.7. The van der Waals surface area contributed by atoms with Gasteiger partial charge in [-0.1, -0.05) is 0 Å². The van der Waals surface area contributed by atoms with Crippen LogP contribution in [0.2, 0.25) is 0 Å². The summed E-state index contributed by atoms with van der Waals surface area (Å²) >= 11 is 1.95. The molecule has 0 unspecified atom stereocenters. The standard InChI is InChI=1S/C14H10IN3O3/c1-8-5-9(7-16)3-4-11(8)21-13-10(14(19)20-2)6-12(15)17-18-13/h3-6H,1-2H3. The summed E-state index contributed by atoms with van der Waals surface area (Å²) in [4.78, 5) is 11.7. The highest BCUT2D eigenvalue weighted by molar-refractivity contribution is 14.1. The first-order chi connectivity index (χ1) is 10.0. The van der Waals surface area contributed by atoms with Crippen LogP contribution in [0.1, 0.15) is 21.5 Å². The highest BCUT2D eigenvalue weighted by atomic mass is 127. The molecule has 0 saturated heterocycles. The van der Waals surface area contributed by atoms with Gasteiger partial charge in [0.25, 0.3) is 5.88 Å². The van der Waals surface area contributed by atoms with Crippen molar-refractivity contribution in [1.82, 2.24) is 10.2 Å². The monoisotopic (exact) mass is 395 g/mol. The van der Waals surface area contributed by atoms with E-state index in [1.54, 1.807) is 25.1 Å². The van der Waals surface area contributed by atoms with Crippen molar-refractivity contribution in [2.24, 2.45) is 0 Å². The molecule has 2 rings (SSSR count). The lowest BCUT2D eigenvalue weighted by atomic mass is 10.1. The molecule has 106 valence electrons. The number of halogens is 1. The van der Waals surface area contributed by atoms with Crippen molar-refractivity contribution >= 4 is 28.6 Å². The van der Waals surface area contributed by atoms with Crippen LogP contribution in [0.4, 0.5) is 0 Å². The molecule has 1 aromatic heterocycles. The summed E-state index contributed by atoms with van der Waals surface area (Å²) in [7, 11) is 1.28. The number of rotatable bonds is 3. The Morgan fingerprint density at radius 2 is 2.10 bits per heavy atom. The fraction of sp³-hybridized carbons (Fsp3) is 0.143. The SMILES string of the molecule is COC(=O)c1cc(I)nnc1Oc1ccc(C#N)cc1C. The predicted octanol–water partition coefficient (Wildman–Crippen LogP) is 2.84. The zero-order chi connectivity index (χ0) is 15.4. The summed E-state index contributed by atoms with van der Waals surface area (Å²) < 4.78 is 10.9. The van der Waals surface area contributed by atoms with Gasteiger partial charge in [0.05, 0.1) is 18.7 Å². The summed E-state index contributed by atoms with van der Waals surface area (Å²) in [5.74, 6) is 0.00819. The van der Waals surface area contributed by atoms with E-state index in [-0.39, 0.29) is 11.4 Å². The fourth-order valence-corrected chi connectivity index (χ4v) is 2.05. The van der Waals surface area contributed by atoms with Gasteiger partial charge in [-0.05, 0) is 59.3 Å². The van der Waals surface area contributed by atoms with E-state index in [0.29, 0.717) is 15.0 Å². The molecule has 0 saturated carbocycles. The van der Waals surface area contributed by atoms with E-state index < -0.39 is 5.97 Å². The largest absolute Gasteiger partial charge is 0.465 e. The molecule has 0 spiro atoms. The lowest BCUT2D eigenvalue weighted by Crippen LogP contribution is -2.07. The van der Waals surface area contributed by atoms with Gasteiger partial charge in [0, 0.05) is 0 Å². The van der Waals surface area contributed by atoms with Crippen molar-refractivity contribution in [1.29, 1.82) is 5.26 Å². The molecule has 7 heteroatoms. The number of methoxy groups -OCH3 is 1. The summed E-state index contributed by atoms with van der Waals surface area (Å²) in [6.07, 6.45) is 0. The third-order valence-corrected chi connectivity index (χ3v) is 3.17. The van der Waals surface area contributed by atoms with E-state index >= 15 is 0 Å². The van der Waals surface area contributed by atoms with Crippen molar-refractivity contribution in [3.8, 4) is 17.7 Å². The Balaban J connectivity index is 2.40. The van der Waals surface area contributed by atoms with E-state index in [9.17, 15) is 4.79 Å². The molecule has 0 amide bonds. The molecular weight excluding hydrogens is 385 g/mol. The topological polar surface area (TPSA) is 85.1 Å². The molecular formula is C14H10IN3O3. The number of hydrogen-bond acceptors (Lipinski definition) is 6. The molecule has 0 atom stereocenters. The maximum absolute atomic E-state index is 11.7. The van der Waals surface area contributed by atoms with Gasteiger partial charge in [0.15, 0.2) is 0 Å². The van der Waals surface area contributed by atoms with Crippen LogP contribution >= 0.6 is 22.6 Å². The van der Waals surface area contributed by atoms with Crippen LogP contribution in [0, 0.1) is 22.0 Å². The smallest absolute Gasteiger partial charge is 0.343 e. The number of benzene rings is 1. The van der Waals surface area contributed by atoms with E-state index in [4.69, 9.17) is 14.7 Å². The Hall–Kier alpha value is -2.21. The Morgan fingerprint density at radius 3 is 2.71 bits per heavy atom. The third kappa shape index (κ3) is 3.46. The molecule has 0 aliphatic carbocycles. The van der Waals surface area contributed by atoms with Crippen molar-refractivity contribution in [3.63, 3.8) is 0 Å². The van der Waals surface area contributed by atoms with Crippen LogP contribution in [0.5, 0.6) is 11.6 Å². The van der Waals surface area contributed by atoms with Crippen LogP contribution < -0.4 is 4.74 Å². The van der Waals surface area contributed by atoms with Gasteiger partial charge in [0.1, 0.15) is 15.0 Å². The second kappa shape index (κ2) is 6.49. The van der Waals surface area contributed by atoms with Gasteiger partial charge in [-0.15, -0.1) is 10.2 Å². The first-order valence-corrected chi connectivity index (χ1v) is 6.93. The molecule has 0 fully saturated rings. The first kappa shape index (κ1) is 15.2. The van der Waals surface area contributed by atoms with Crippen molar-refractivity contribution in [3.05, 3.63) is 44.7 Å². The number of nitrogens with zero attached hydrogens (tertiary/aromatic N) is 3. The highest BCUT2D eigenvalue weighted by Crippen LogP contribution is 2.27. The van der Waals surface area contributed by atoms with E-state index in [2.05, 4.69) is 10.2 Å². The van der Waals surface area contributed by atoms with E-state index in [1.807, 2.05) is 28.7 Å². The number of aromatic nitrogens is 2. The normalized spacial score (nSPS) is 9.81. The van der Waals surface area contributed by atoms with Crippen molar-refractivity contribution in [2.75, 3.05) is 7.11 Å². The van der Waals surface area contributed by atoms with E-state index in [1.165, 1.54) is 13.2 Å². The molecule has 1 aromatic carbocycles. The number of hydrogen-bond donors (Lipinski definition) is 0. The fourth-order valence-electron chi connectivity index (χ4n) is 1.63. The van der Waals surface area contributed by atoms with Gasteiger partial charge in [-0.3, -0.25) is 0 Å². The summed E-state index contributed by atoms with van der Waals surface area (Å²) in [5.41, 5.74) is 1.48. The van der Waals surface area contributed by atoms with Crippen molar-refractivity contribution < 1.29 is 14.3 Å². The molecule has 0 N–H and O–H groups in total. The number of aryl methyl sites for hydroxylation is 1. The number of nitriles is 1. The van der Waals surface area contributed by atoms with Gasteiger partial charge in [0.2, 0.25) is 0 Å². The average molecular weight is 395 g/mol. The number of esters is 1. The first-order valence-electron chi connectivity index (χ1n) is 5.85. The Kier molecular flexibility index (Phi) is 4.70. The highest BCUT2D eigenvalue weighted by Gasteiger charge is 2.17. The second-order valence-electron chi connectivity index (χ2n) is 4.07. The number of ether oxygens (including phenoxy) is 2. The molecule has 0 radical (unpaired) electrons. The van der Waals surface area contributed by atoms with Gasteiger partial charge in [-0.2, -0.15) is 5.26 Å². The molecule has 0 bridgehead atoms. The minimum Gasteiger partial charge on any atom is -0.465 e. The number of carbonyl (C=O) groups excluding carboxylic acids is 1. The van der Waals surface area contributed by atoms with Crippen molar-refractivity contribution in [2.45, 2.75) is 6.92 Å². The molecule has 6 nitrogen and oxygen atoms in total. The van der Waals surface area contributed by atoms with Crippen LogP contribution in [-0.2, 0) is 4.74 Å². The molecule has 0 aliphatic rings. The molecule has 2 aromatic rings. The molecule has 21 heavy (non-hydrogen) atoms. The number of carbonyl (C=O) groups is 1. The van der Waals surface area contributed by atoms with Gasteiger partial charge < -0.3 is 9.47 Å². The minimum absolute atomic E-state index is 0.0649. The van der Waals surface area contributed by atoms with Crippen LogP contribution in [-0.4, -0.2) is 23.3 Å². The maximum Gasteiger partial charge on any atom is 0.343 e. The Bertz CT molecular complexity index is 741. The lowest BCUT2D eigenvalue weighted by molar-refractivity contribution is 0.0596. The zero-order valence-corrected chi connectivity index (χ0v) is 13.4. The predicted molar refractivity (Wildman–Crippen MR) is 82.1 cm³/mol. The van der Waals surface area contributed by atoms with E-state index in [0.717, 1.165) is 5.56 Å². The third-order valence-electron chi connectivity index (χ3n) is 2.65. The quantitative estimate of drug-likeness (QED) is 0.587. The molecule has 1 heterocycles. The molecule has 0 aliphatic heterocycles. The lowest BCUT2D eigenvalue weighted by Gasteiger charge is -2.10. The van der Waals surface area contributed by atoms with Gasteiger partial charge in [-0.25, -0.2) is 4.79 Å². The Morgan fingerprint density at radius 1 is 1.33 bits per heavy atom.